The van der Waals surface area contributed by atoms with Crippen LogP contribution in [0.2, 0.25) is 0 Å². The minimum Gasteiger partial charge on any atom is -0.493 e. The number of aromatic nitrogens is 2. The number of halogens is 1. The number of carbonyl (C=O) groups is 1. The van der Waals surface area contributed by atoms with Gasteiger partial charge < -0.3 is 19.1 Å². The van der Waals surface area contributed by atoms with E-state index in [4.69, 9.17) is 19.3 Å². The van der Waals surface area contributed by atoms with Crippen LogP contribution in [0.25, 0.3) is 5.69 Å². The SMILES string of the molecule is COCCN(Cc1c(C)nn(-c2ccccc2)c1Oc1ccccc1OC)C(=O)c1ccccc1F. The monoisotopic (exact) mass is 489 g/mol. The van der Waals surface area contributed by atoms with Crippen molar-refractivity contribution in [2.45, 2.75) is 13.5 Å². The molecule has 1 heterocycles. The van der Waals surface area contributed by atoms with Crippen LogP contribution in [0, 0.1) is 12.7 Å². The number of hydrogen-bond donors (Lipinski definition) is 0. The molecule has 0 aliphatic heterocycles. The molecule has 8 heteroatoms. The Balaban J connectivity index is 1.79. The van der Waals surface area contributed by atoms with Crippen LogP contribution in [0.15, 0.2) is 78.9 Å². The van der Waals surface area contributed by atoms with Gasteiger partial charge in [0.2, 0.25) is 5.88 Å². The van der Waals surface area contributed by atoms with E-state index in [1.807, 2.05) is 49.4 Å². The Morgan fingerprint density at radius 3 is 2.31 bits per heavy atom. The highest BCUT2D eigenvalue weighted by atomic mass is 19.1. The van der Waals surface area contributed by atoms with Gasteiger partial charge in [-0.15, -0.1) is 0 Å². The summed E-state index contributed by atoms with van der Waals surface area (Å²) in [7, 11) is 3.13. The first-order valence-corrected chi connectivity index (χ1v) is 11.5. The molecule has 0 unspecified atom stereocenters. The first-order chi connectivity index (χ1) is 17.5. The molecular formula is C28H28FN3O4. The minimum atomic E-state index is -0.577. The van der Waals surface area contributed by atoms with Gasteiger partial charge in [-0.2, -0.15) is 5.10 Å². The molecule has 0 fully saturated rings. The van der Waals surface area contributed by atoms with Crippen molar-refractivity contribution in [1.29, 1.82) is 0 Å². The van der Waals surface area contributed by atoms with Gasteiger partial charge in [-0.25, -0.2) is 9.07 Å². The van der Waals surface area contributed by atoms with Crippen molar-refractivity contribution < 1.29 is 23.4 Å². The Morgan fingerprint density at radius 1 is 0.944 bits per heavy atom. The number of para-hydroxylation sites is 3. The number of amides is 1. The Hall–Kier alpha value is -4.17. The summed E-state index contributed by atoms with van der Waals surface area (Å²) in [5, 5.41) is 4.72. The predicted molar refractivity (Wildman–Crippen MR) is 134 cm³/mol. The summed E-state index contributed by atoms with van der Waals surface area (Å²) in [6.45, 7) is 2.54. The van der Waals surface area contributed by atoms with Crippen molar-refractivity contribution in [2.24, 2.45) is 0 Å². The molecule has 0 aliphatic carbocycles. The lowest BCUT2D eigenvalue weighted by Gasteiger charge is -2.23. The van der Waals surface area contributed by atoms with E-state index in [1.165, 1.54) is 17.0 Å². The summed E-state index contributed by atoms with van der Waals surface area (Å²) < 4.78 is 33.3. The summed E-state index contributed by atoms with van der Waals surface area (Å²) in [4.78, 5) is 14.9. The smallest absolute Gasteiger partial charge is 0.257 e. The highest BCUT2D eigenvalue weighted by Gasteiger charge is 2.26. The number of aryl methyl sites for hydroxylation is 1. The first kappa shape index (κ1) is 24.9. The van der Waals surface area contributed by atoms with E-state index in [2.05, 4.69) is 0 Å². The number of methoxy groups -OCH3 is 2. The van der Waals surface area contributed by atoms with Crippen molar-refractivity contribution in [3.8, 4) is 23.1 Å². The highest BCUT2D eigenvalue weighted by Crippen LogP contribution is 2.36. The average Bonchev–Trinajstić information content (AvgIpc) is 3.21. The van der Waals surface area contributed by atoms with E-state index in [0.717, 1.165) is 5.69 Å². The van der Waals surface area contributed by atoms with Crippen molar-refractivity contribution in [1.82, 2.24) is 14.7 Å². The van der Waals surface area contributed by atoms with Gasteiger partial charge in [0, 0.05) is 13.7 Å². The number of rotatable bonds is 10. The molecule has 1 aromatic heterocycles. The normalized spacial score (nSPS) is 10.8. The van der Waals surface area contributed by atoms with E-state index in [9.17, 15) is 9.18 Å². The number of nitrogens with zero attached hydrogens (tertiary/aromatic N) is 3. The van der Waals surface area contributed by atoms with Gasteiger partial charge >= 0.3 is 0 Å². The zero-order valence-electron chi connectivity index (χ0n) is 20.5. The topological polar surface area (TPSA) is 65.8 Å². The maximum Gasteiger partial charge on any atom is 0.257 e. The van der Waals surface area contributed by atoms with Crippen molar-refractivity contribution in [3.63, 3.8) is 0 Å². The third-order valence-corrected chi connectivity index (χ3v) is 5.72. The molecule has 3 aromatic carbocycles. The van der Waals surface area contributed by atoms with Crippen molar-refractivity contribution in [3.05, 3.63) is 102 Å². The molecular weight excluding hydrogens is 461 g/mol. The van der Waals surface area contributed by atoms with Gasteiger partial charge in [-0.1, -0.05) is 42.5 Å². The van der Waals surface area contributed by atoms with E-state index < -0.39 is 11.7 Å². The van der Waals surface area contributed by atoms with Crippen LogP contribution in [0.1, 0.15) is 21.6 Å². The largest absolute Gasteiger partial charge is 0.493 e. The summed E-state index contributed by atoms with van der Waals surface area (Å²) in [5.74, 6) is 0.474. The molecule has 0 saturated heterocycles. The Morgan fingerprint density at radius 2 is 1.61 bits per heavy atom. The molecule has 0 N–H and O–H groups in total. The summed E-state index contributed by atoms with van der Waals surface area (Å²) in [5.41, 5.74) is 2.15. The van der Waals surface area contributed by atoms with Crippen molar-refractivity contribution in [2.75, 3.05) is 27.4 Å². The molecule has 0 radical (unpaired) electrons. The van der Waals surface area contributed by atoms with Gasteiger partial charge in [0.05, 0.1) is 42.8 Å². The molecule has 0 atom stereocenters. The number of benzene rings is 3. The molecule has 0 aliphatic rings. The lowest BCUT2D eigenvalue weighted by molar-refractivity contribution is 0.0674. The standard InChI is InChI=1S/C28H28FN3O4/c1-20-23(19-31(17-18-34-2)27(33)22-13-7-8-14-24(22)29)28(32(30-20)21-11-5-4-6-12-21)36-26-16-10-9-15-25(26)35-3/h4-16H,17-19H2,1-3H3. The molecule has 4 aromatic rings. The number of hydrogen-bond acceptors (Lipinski definition) is 5. The highest BCUT2D eigenvalue weighted by molar-refractivity contribution is 5.94. The van der Waals surface area contributed by atoms with Crippen LogP contribution in [-0.2, 0) is 11.3 Å². The first-order valence-electron chi connectivity index (χ1n) is 11.5. The lowest BCUT2D eigenvalue weighted by atomic mass is 10.1. The van der Waals surface area contributed by atoms with Gasteiger partial charge in [-0.05, 0) is 43.3 Å². The molecule has 0 bridgehead atoms. The molecule has 0 spiro atoms. The van der Waals surface area contributed by atoms with E-state index in [1.54, 1.807) is 43.2 Å². The van der Waals surface area contributed by atoms with Crippen LogP contribution in [0.5, 0.6) is 17.4 Å². The fourth-order valence-electron chi connectivity index (χ4n) is 3.83. The maximum absolute atomic E-state index is 14.5. The predicted octanol–water partition coefficient (Wildman–Crippen LogP) is 5.41. The Kier molecular flexibility index (Phi) is 7.97. The Bertz CT molecular complexity index is 1320. The molecule has 0 saturated carbocycles. The van der Waals surface area contributed by atoms with E-state index in [0.29, 0.717) is 28.6 Å². The summed E-state index contributed by atoms with van der Waals surface area (Å²) in [6.07, 6.45) is 0. The molecule has 186 valence electrons. The Labute approximate surface area is 209 Å². The van der Waals surface area contributed by atoms with Crippen LogP contribution in [-0.4, -0.2) is 48.0 Å². The molecule has 1 amide bonds. The lowest BCUT2D eigenvalue weighted by Crippen LogP contribution is -2.34. The minimum absolute atomic E-state index is 0.00564. The van der Waals surface area contributed by atoms with Crippen LogP contribution in [0.4, 0.5) is 4.39 Å². The fraction of sp³-hybridized carbons (Fsp3) is 0.214. The third kappa shape index (κ3) is 5.39. The summed E-state index contributed by atoms with van der Waals surface area (Å²) in [6, 6.07) is 22.8. The zero-order valence-corrected chi connectivity index (χ0v) is 20.5. The van der Waals surface area contributed by atoms with E-state index >= 15 is 0 Å². The van der Waals surface area contributed by atoms with Gasteiger partial charge in [0.15, 0.2) is 11.5 Å². The molecule has 7 nitrogen and oxygen atoms in total. The zero-order chi connectivity index (χ0) is 25.5. The van der Waals surface area contributed by atoms with Gasteiger partial charge in [-0.3, -0.25) is 4.79 Å². The van der Waals surface area contributed by atoms with Gasteiger partial charge in [0.1, 0.15) is 5.82 Å². The van der Waals surface area contributed by atoms with Crippen LogP contribution >= 0.6 is 0 Å². The molecule has 36 heavy (non-hydrogen) atoms. The quantitative estimate of drug-likeness (QED) is 0.298. The van der Waals surface area contributed by atoms with Gasteiger partial charge in [0.25, 0.3) is 5.91 Å². The average molecular weight is 490 g/mol. The van der Waals surface area contributed by atoms with Crippen molar-refractivity contribution >= 4 is 5.91 Å². The third-order valence-electron chi connectivity index (χ3n) is 5.72. The fourth-order valence-corrected chi connectivity index (χ4v) is 3.83. The van der Waals surface area contributed by atoms with Crippen LogP contribution in [0.3, 0.4) is 0 Å². The van der Waals surface area contributed by atoms with E-state index in [-0.39, 0.29) is 25.3 Å². The molecule has 4 rings (SSSR count). The number of carbonyl (C=O) groups excluding carboxylic acids is 1. The van der Waals surface area contributed by atoms with Crippen LogP contribution < -0.4 is 9.47 Å². The second kappa shape index (κ2) is 11.5. The second-order valence-corrected chi connectivity index (χ2v) is 8.07. The number of ether oxygens (including phenoxy) is 3. The summed E-state index contributed by atoms with van der Waals surface area (Å²) >= 11 is 0. The second-order valence-electron chi connectivity index (χ2n) is 8.07. The maximum atomic E-state index is 14.5.